The number of nitrogens with one attached hydrogen (secondary N) is 1. The number of hydrogen-bond acceptors (Lipinski definition) is 10. The zero-order valence-corrected chi connectivity index (χ0v) is 19.9. The van der Waals surface area contributed by atoms with Crippen LogP contribution in [0.1, 0.15) is 65.6 Å². The smallest absolute Gasteiger partial charge is 0.191 e. The van der Waals surface area contributed by atoms with Crippen molar-refractivity contribution in [2.45, 2.75) is 74.5 Å². The summed E-state index contributed by atoms with van der Waals surface area (Å²) in [5, 5.41) is 40.9. The molecule has 2 saturated carbocycles. The molecule has 10 nitrogen and oxygen atoms in total. The first-order valence-electron chi connectivity index (χ1n) is 16.9. The molecule has 0 spiro atoms. The van der Waals surface area contributed by atoms with E-state index in [1.54, 1.807) is 0 Å². The molecule has 4 N–H and O–H groups in total. The van der Waals surface area contributed by atoms with E-state index in [0.29, 0.717) is 0 Å². The average molecular weight is 531 g/mol. The van der Waals surface area contributed by atoms with Crippen LogP contribution in [0.5, 0.6) is 0 Å². The lowest BCUT2D eigenvalue weighted by Gasteiger charge is -2.17. The summed E-state index contributed by atoms with van der Waals surface area (Å²) in [6, 6.07) is -5.69. The lowest BCUT2D eigenvalue weighted by Crippen LogP contribution is -2.33. The standard InChI is InChI=1S/C24H31FN6O4S/c1-3-8-36-24-27-22(26-16-10-14(16)13-5-4-12(2)15(25)9-13)19-23(28-24)31(30-29-19)17-11-18(35-7-6-32)21(34)20(17)33/h4-5,9,14,16-18,20-21,32-34H,3,6-8,10-11H2,1-2H3,(H,26,27,28)/t14-,16+,17+,18-,20-,21+/m0/s1/i3D2,4D,5D,6D2,8D2,9D,10D2,16D. The van der Waals surface area contributed by atoms with Crippen LogP contribution in [0.25, 0.3) is 11.2 Å². The third-order valence-corrected chi connectivity index (χ3v) is 6.50. The van der Waals surface area contributed by atoms with Gasteiger partial charge >= 0.3 is 0 Å². The maximum absolute atomic E-state index is 14.8. The summed E-state index contributed by atoms with van der Waals surface area (Å²) in [6.07, 6.45) is -9.61. The number of aliphatic hydroxyl groups is 3. The second-order valence-corrected chi connectivity index (χ2v) is 8.92. The number of hydrogen-bond donors (Lipinski definition) is 4. The van der Waals surface area contributed by atoms with Crippen molar-refractivity contribution in [3.05, 3.63) is 35.1 Å². The molecule has 0 radical (unpaired) electrons. The number of benzene rings is 1. The fraction of sp³-hybridized carbons (Fsp3) is 0.583. The van der Waals surface area contributed by atoms with Gasteiger partial charge in [0.25, 0.3) is 0 Å². The Morgan fingerprint density at radius 1 is 1.39 bits per heavy atom. The maximum atomic E-state index is 14.8. The molecule has 0 amide bonds. The predicted octanol–water partition coefficient (Wildman–Crippen LogP) is 2.18. The summed E-state index contributed by atoms with van der Waals surface area (Å²) >= 11 is 0.235. The Morgan fingerprint density at radius 2 is 2.22 bits per heavy atom. The Bertz CT molecular complexity index is 1730. The molecule has 2 aliphatic rings. The molecule has 12 heteroatoms. The molecule has 0 aliphatic heterocycles. The first-order chi connectivity index (χ1) is 21.8. The molecule has 2 fully saturated rings. The minimum Gasteiger partial charge on any atom is -0.394 e. The lowest BCUT2D eigenvalue weighted by molar-refractivity contribution is -0.0629. The zero-order chi connectivity index (χ0) is 36.1. The van der Waals surface area contributed by atoms with Gasteiger partial charge in [-0.25, -0.2) is 19.0 Å². The molecule has 0 saturated heterocycles. The summed E-state index contributed by atoms with van der Waals surface area (Å²) in [5.41, 5.74) is -3.97. The van der Waals surface area contributed by atoms with Gasteiger partial charge in [-0.05, 0) is 36.8 Å². The van der Waals surface area contributed by atoms with Gasteiger partial charge < -0.3 is 25.4 Å². The lowest BCUT2D eigenvalue weighted by atomic mass is 10.1. The topological polar surface area (TPSA) is 138 Å². The Hall–Kier alpha value is -2.38. The van der Waals surface area contributed by atoms with Crippen LogP contribution in [0.2, 0.25) is 0 Å². The Labute approximate surface area is 229 Å². The van der Waals surface area contributed by atoms with Gasteiger partial charge in [0.15, 0.2) is 22.1 Å². The summed E-state index contributed by atoms with van der Waals surface area (Å²) in [5.74, 6) is -3.24. The zero-order valence-electron chi connectivity index (χ0n) is 31.1. The van der Waals surface area contributed by atoms with Crippen molar-refractivity contribution in [1.29, 1.82) is 0 Å². The third-order valence-electron chi connectivity index (χ3n) is 5.83. The van der Waals surface area contributed by atoms with Crippen molar-refractivity contribution in [1.82, 2.24) is 25.0 Å². The highest BCUT2D eigenvalue weighted by Gasteiger charge is 2.45. The molecule has 36 heavy (non-hydrogen) atoms. The number of thioether (sulfide) groups is 1. The monoisotopic (exact) mass is 530 g/mol. The van der Waals surface area contributed by atoms with E-state index in [1.165, 1.54) is 6.92 Å². The van der Waals surface area contributed by atoms with Crippen molar-refractivity contribution >= 4 is 28.7 Å². The molecule has 2 heterocycles. The SMILES string of the molecule is [2H]c1c([2H])c([C@@H]2C([2H])([2H])[C@@]2([2H])Nc2nc(SC([2H])([2H])C([2H])([2H])C)nc3c2nnn3[C@@H]2C[C@H](OCC([2H])([2H])O)[C@@H](O)[C@H]2O)c([2H])c(F)c1C. The quantitative estimate of drug-likeness (QED) is 0.228. The highest BCUT2D eigenvalue weighted by molar-refractivity contribution is 7.99. The molecule has 6 atom stereocenters. The van der Waals surface area contributed by atoms with Crippen LogP contribution >= 0.6 is 11.8 Å². The highest BCUT2D eigenvalue weighted by atomic mass is 32.2. The van der Waals surface area contributed by atoms with E-state index < -0.39 is 108 Å². The summed E-state index contributed by atoms with van der Waals surface area (Å²) in [6.45, 7) is -1.40. The molecule has 2 aliphatic carbocycles. The van der Waals surface area contributed by atoms with Gasteiger partial charge in [0.05, 0.1) is 33.5 Å². The van der Waals surface area contributed by atoms with E-state index in [0.717, 1.165) is 11.6 Å². The van der Waals surface area contributed by atoms with Crippen LogP contribution in [0.3, 0.4) is 0 Å². The number of ether oxygens (including phenoxy) is 1. The van der Waals surface area contributed by atoms with Crippen molar-refractivity contribution < 1.29 is 40.9 Å². The summed E-state index contributed by atoms with van der Waals surface area (Å²) in [4.78, 5) is 8.43. The van der Waals surface area contributed by atoms with Crippen molar-refractivity contribution in [2.24, 2.45) is 0 Å². The number of anilines is 1. The molecule has 1 aromatic carbocycles. The van der Waals surface area contributed by atoms with Gasteiger partial charge in [-0.2, -0.15) is 0 Å². The Balaban J connectivity index is 1.60. The van der Waals surface area contributed by atoms with E-state index in [2.05, 4.69) is 25.6 Å². The van der Waals surface area contributed by atoms with Gasteiger partial charge in [-0.1, -0.05) is 36.0 Å². The van der Waals surface area contributed by atoms with E-state index in [4.69, 9.17) is 21.2 Å². The van der Waals surface area contributed by atoms with Crippen LogP contribution in [-0.4, -0.2) is 83.5 Å². The second kappa shape index (κ2) is 10.5. The predicted molar refractivity (Wildman–Crippen MR) is 133 cm³/mol. The minimum atomic E-state index is -2.74. The van der Waals surface area contributed by atoms with E-state index in [1.807, 2.05) is 0 Å². The fourth-order valence-electron chi connectivity index (χ4n) is 3.95. The van der Waals surface area contributed by atoms with Crippen molar-refractivity contribution in [3.8, 4) is 0 Å². The average Bonchev–Trinajstić information content (AvgIpc) is 3.27. The van der Waals surface area contributed by atoms with Crippen LogP contribution in [0.4, 0.5) is 10.2 Å². The fourth-order valence-corrected chi connectivity index (χ4v) is 4.41. The van der Waals surface area contributed by atoms with Crippen molar-refractivity contribution in [2.75, 3.05) is 24.2 Å². The molecular weight excluding hydrogens is 487 g/mol. The molecule has 2 aromatic heterocycles. The molecule has 0 bridgehead atoms. The number of aromatic nitrogens is 5. The van der Waals surface area contributed by atoms with Crippen LogP contribution < -0.4 is 5.32 Å². The molecule has 194 valence electrons. The van der Waals surface area contributed by atoms with Crippen LogP contribution in [0.15, 0.2) is 23.3 Å². The largest absolute Gasteiger partial charge is 0.394 e. The van der Waals surface area contributed by atoms with Gasteiger partial charge in [0.1, 0.15) is 18.0 Å². The number of halogens is 1. The Kier molecular flexibility index (Phi) is 4.25. The van der Waals surface area contributed by atoms with Gasteiger partial charge in [-0.3, -0.25) is 0 Å². The van der Waals surface area contributed by atoms with E-state index in [-0.39, 0.29) is 34.9 Å². The van der Waals surface area contributed by atoms with Gasteiger partial charge in [0.2, 0.25) is 0 Å². The Morgan fingerprint density at radius 3 is 3.00 bits per heavy atom. The maximum Gasteiger partial charge on any atom is 0.191 e. The second-order valence-electron chi connectivity index (χ2n) is 8.15. The number of rotatable bonds is 10. The van der Waals surface area contributed by atoms with Crippen molar-refractivity contribution in [3.63, 3.8) is 0 Å². The van der Waals surface area contributed by atoms with Gasteiger partial charge in [-0.15, -0.1) is 5.10 Å². The first-order valence-corrected chi connectivity index (χ1v) is 11.7. The minimum absolute atomic E-state index is 0.204. The molecule has 3 aromatic rings. The van der Waals surface area contributed by atoms with Crippen LogP contribution in [-0.2, 0) is 4.74 Å². The number of aliphatic hydroxyl groups excluding tert-OH is 2. The number of nitrogens with zero attached hydrogens (tertiary/aromatic N) is 5. The third kappa shape index (κ3) is 4.92. The normalized spacial score (nSPS) is 37.1. The van der Waals surface area contributed by atoms with E-state index in [9.17, 15) is 19.7 Å². The number of fused-ring (bicyclic) bond motifs is 1. The first kappa shape index (κ1) is 14.5. The molecule has 0 unspecified atom stereocenters. The van der Waals surface area contributed by atoms with E-state index >= 15 is 0 Å². The van der Waals surface area contributed by atoms with Crippen LogP contribution in [0, 0.1) is 12.7 Å². The summed E-state index contributed by atoms with van der Waals surface area (Å²) < 4.78 is 119. The molecular formula is C24H31FN6O4S. The van der Waals surface area contributed by atoms with Gasteiger partial charge in [0, 0.05) is 32.3 Å². The molecule has 5 rings (SSSR count). The highest BCUT2D eigenvalue weighted by Crippen LogP contribution is 2.44. The summed E-state index contributed by atoms with van der Waals surface area (Å²) in [7, 11) is 0.